The quantitative estimate of drug-likeness (QED) is 0.535. The number of fused-ring (bicyclic) bond motifs is 1. The fraction of sp³-hybridized carbons (Fsp3) is 0.409. The number of carbonyl (C=O) groups excluding carboxylic acids is 1. The number of carbonyl (C=O) groups is 1. The van der Waals surface area contributed by atoms with Gasteiger partial charge in [-0.15, -0.1) is 0 Å². The molecule has 1 atom stereocenters. The van der Waals surface area contributed by atoms with Crippen LogP contribution in [0, 0.1) is 6.92 Å². The van der Waals surface area contributed by atoms with Crippen LogP contribution in [0.1, 0.15) is 44.0 Å². The van der Waals surface area contributed by atoms with Crippen LogP contribution >= 0.6 is 0 Å². The van der Waals surface area contributed by atoms with Gasteiger partial charge in [-0.1, -0.05) is 24.3 Å². The Kier molecular flexibility index (Phi) is 6.36. The molecule has 0 aliphatic carbocycles. The Morgan fingerprint density at radius 3 is 2.79 bits per heavy atom. The SMILES string of the molecule is CN=C(NCCC(=O)Nc1cccc(C)n1)NC1CC(C)(C)Oc2ccccc21. The molecule has 154 valence electrons. The molecular formula is C22H29N5O2. The molecule has 29 heavy (non-hydrogen) atoms. The lowest BCUT2D eigenvalue weighted by Crippen LogP contribution is -2.45. The Morgan fingerprint density at radius 1 is 1.24 bits per heavy atom. The third kappa shape index (κ3) is 5.70. The molecule has 1 aromatic heterocycles. The fourth-order valence-electron chi connectivity index (χ4n) is 3.40. The summed E-state index contributed by atoms with van der Waals surface area (Å²) in [5.74, 6) is 2.02. The molecule has 2 aromatic rings. The van der Waals surface area contributed by atoms with Crippen LogP contribution in [0.3, 0.4) is 0 Å². The van der Waals surface area contributed by atoms with Gasteiger partial charge in [-0.2, -0.15) is 0 Å². The second-order valence-corrected chi connectivity index (χ2v) is 7.76. The first-order chi connectivity index (χ1) is 13.9. The van der Waals surface area contributed by atoms with Crippen molar-refractivity contribution >= 4 is 17.7 Å². The monoisotopic (exact) mass is 395 g/mol. The third-order valence-corrected chi connectivity index (χ3v) is 4.71. The van der Waals surface area contributed by atoms with Crippen molar-refractivity contribution in [1.29, 1.82) is 0 Å². The number of anilines is 1. The van der Waals surface area contributed by atoms with Gasteiger partial charge in [-0.25, -0.2) is 4.98 Å². The lowest BCUT2D eigenvalue weighted by atomic mass is 9.90. The molecule has 7 nitrogen and oxygen atoms in total. The van der Waals surface area contributed by atoms with Crippen LogP contribution < -0.4 is 20.7 Å². The zero-order valence-corrected chi connectivity index (χ0v) is 17.5. The van der Waals surface area contributed by atoms with E-state index in [0.29, 0.717) is 24.7 Å². The Labute approximate surface area is 172 Å². The van der Waals surface area contributed by atoms with Gasteiger partial charge in [-0.3, -0.25) is 9.79 Å². The zero-order chi connectivity index (χ0) is 20.9. The number of amides is 1. The van der Waals surface area contributed by atoms with Gasteiger partial charge in [0.05, 0.1) is 6.04 Å². The number of aryl methyl sites for hydroxylation is 1. The second kappa shape index (κ2) is 8.94. The van der Waals surface area contributed by atoms with E-state index in [4.69, 9.17) is 4.74 Å². The maximum Gasteiger partial charge on any atom is 0.227 e. The highest BCUT2D eigenvalue weighted by atomic mass is 16.5. The molecule has 0 fully saturated rings. The van der Waals surface area contributed by atoms with Crippen molar-refractivity contribution in [3.05, 3.63) is 53.7 Å². The number of hydrogen-bond donors (Lipinski definition) is 3. The van der Waals surface area contributed by atoms with Crippen LogP contribution in [0.2, 0.25) is 0 Å². The Bertz CT molecular complexity index is 894. The van der Waals surface area contributed by atoms with E-state index in [2.05, 4.69) is 45.8 Å². The highest BCUT2D eigenvalue weighted by molar-refractivity contribution is 5.90. The van der Waals surface area contributed by atoms with E-state index in [1.165, 1.54) is 0 Å². The molecule has 0 bridgehead atoms. The van der Waals surface area contributed by atoms with E-state index in [0.717, 1.165) is 23.4 Å². The average Bonchev–Trinajstić information content (AvgIpc) is 2.66. The maximum atomic E-state index is 12.2. The summed E-state index contributed by atoms with van der Waals surface area (Å²) in [5.41, 5.74) is 1.70. The number of benzene rings is 1. The molecular weight excluding hydrogens is 366 g/mol. The fourth-order valence-corrected chi connectivity index (χ4v) is 3.40. The van der Waals surface area contributed by atoms with Crippen molar-refractivity contribution < 1.29 is 9.53 Å². The third-order valence-electron chi connectivity index (χ3n) is 4.71. The zero-order valence-electron chi connectivity index (χ0n) is 17.5. The molecule has 0 saturated carbocycles. The Balaban J connectivity index is 1.54. The number of guanidine groups is 1. The molecule has 1 aliphatic heterocycles. The smallest absolute Gasteiger partial charge is 0.227 e. The van der Waals surface area contributed by atoms with E-state index in [9.17, 15) is 4.79 Å². The van der Waals surface area contributed by atoms with Crippen molar-refractivity contribution in [2.75, 3.05) is 18.9 Å². The van der Waals surface area contributed by atoms with E-state index < -0.39 is 0 Å². The Hall–Kier alpha value is -3.09. The molecule has 1 aliphatic rings. The van der Waals surface area contributed by atoms with Crippen LogP contribution in [0.15, 0.2) is 47.5 Å². The molecule has 1 amide bonds. The second-order valence-electron chi connectivity index (χ2n) is 7.76. The van der Waals surface area contributed by atoms with Gasteiger partial charge in [0, 0.05) is 37.7 Å². The number of hydrogen-bond acceptors (Lipinski definition) is 4. The van der Waals surface area contributed by atoms with Crippen molar-refractivity contribution in [2.24, 2.45) is 4.99 Å². The van der Waals surface area contributed by atoms with Crippen molar-refractivity contribution in [3.8, 4) is 5.75 Å². The van der Waals surface area contributed by atoms with E-state index in [1.54, 1.807) is 13.1 Å². The van der Waals surface area contributed by atoms with Crippen molar-refractivity contribution in [3.63, 3.8) is 0 Å². The summed E-state index contributed by atoms with van der Waals surface area (Å²) >= 11 is 0. The van der Waals surface area contributed by atoms with Crippen LogP contribution in [-0.2, 0) is 4.79 Å². The number of nitrogens with zero attached hydrogens (tertiary/aromatic N) is 2. The summed E-state index contributed by atoms with van der Waals surface area (Å²) in [4.78, 5) is 20.8. The molecule has 2 heterocycles. The predicted molar refractivity (Wildman–Crippen MR) is 115 cm³/mol. The van der Waals surface area contributed by atoms with E-state index in [-0.39, 0.29) is 17.6 Å². The van der Waals surface area contributed by atoms with E-state index in [1.807, 2.05) is 37.3 Å². The number of rotatable bonds is 5. The van der Waals surface area contributed by atoms with Gasteiger partial charge in [0.15, 0.2) is 5.96 Å². The van der Waals surface area contributed by atoms with Gasteiger partial charge in [-0.05, 0) is 39.0 Å². The molecule has 1 unspecified atom stereocenters. The topological polar surface area (TPSA) is 87.6 Å². The van der Waals surface area contributed by atoms with Gasteiger partial charge in [0.25, 0.3) is 0 Å². The van der Waals surface area contributed by atoms with Gasteiger partial charge >= 0.3 is 0 Å². The van der Waals surface area contributed by atoms with E-state index >= 15 is 0 Å². The van der Waals surface area contributed by atoms with Crippen LogP contribution in [0.5, 0.6) is 5.75 Å². The minimum atomic E-state index is -0.272. The summed E-state index contributed by atoms with van der Waals surface area (Å²) in [6.07, 6.45) is 1.12. The Morgan fingerprint density at radius 2 is 2.03 bits per heavy atom. The summed E-state index contributed by atoms with van der Waals surface area (Å²) in [5, 5.41) is 9.50. The average molecular weight is 396 g/mol. The van der Waals surface area contributed by atoms with Gasteiger partial charge < -0.3 is 20.7 Å². The van der Waals surface area contributed by atoms with Crippen molar-refractivity contribution in [1.82, 2.24) is 15.6 Å². The molecule has 3 N–H and O–H groups in total. The summed E-state index contributed by atoms with van der Waals surface area (Å²) in [7, 11) is 1.72. The summed E-state index contributed by atoms with van der Waals surface area (Å²) in [6, 6.07) is 13.7. The number of pyridine rings is 1. The van der Waals surface area contributed by atoms with Crippen LogP contribution in [-0.4, -0.2) is 36.0 Å². The maximum absolute atomic E-state index is 12.2. The van der Waals surface area contributed by atoms with Gasteiger partial charge in [0.1, 0.15) is 17.2 Å². The summed E-state index contributed by atoms with van der Waals surface area (Å²) in [6.45, 7) is 6.52. The summed E-state index contributed by atoms with van der Waals surface area (Å²) < 4.78 is 6.08. The number of nitrogens with one attached hydrogen (secondary N) is 3. The molecule has 0 radical (unpaired) electrons. The number of aliphatic imine (C=N–C) groups is 1. The van der Waals surface area contributed by atoms with Gasteiger partial charge in [0.2, 0.25) is 5.91 Å². The van der Waals surface area contributed by atoms with Crippen LogP contribution in [0.25, 0.3) is 0 Å². The first-order valence-corrected chi connectivity index (χ1v) is 9.85. The largest absolute Gasteiger partial charge is 0.487 e. The first kappa shape index (κ1) is 20.6. The molecule has 7 heteroatoms. The molecule has 0 spiro atoms. The first-order valence-electron chi connectivity index (χ1n) is 9.85. The molecule has 3 rings (SSSR count). The lowest BCUT2D eigenvalue weighted by molar-refractivity contribution is -0.116. The predicted octanol–water partition coefficient (Wildman–Crippen LogP) is 3.19. The normalized spacial score (nSPS) is 17.7. The lowest BCUT2D eigenvalue weighted by Gasteiger charge is -2.38. The number of para-hydroxylation sites is 1. The minimum Gasteiger partial charge on any atom is -0.487 e. The molecule has 0 saturated heterocycles. The van der Waals surface area contributed by atoms with Crippen molar-refractivity contribution in [2.45, 2.75) is 45.3 Å². The van der Waals surface area contributed by atoms with Crippen LogP contribution in [0.4, 0.5) is 5.82 Å². The number of ether oxygens (including phenoxy) is 1. The highest BCUT2D eigenvalue weighted by Gasteiger charge is 2.33. The number of aromatic nitrogens is 1. The highest BCUT2D eigenvalue weighted by Crippen LogP contribution is 2.39. The minimum absolute atomic E-state index is 0.0754. The molecule has 1 aromatic carbocycles. The standard InChI is InChI=1S/C22H29N5O2/c1-15-8-7-11-19(25-15)27-20(28)12-13-24-21(23-4)26-17-14-22(2,3)29-18-10-6-5-9-16(17)18/h5-11,17H,12-14H2,1-4H3,(H2,23,24,26)(H,25,27,28).